The third-order valence-corrected chi connectivity index (χ3v) is 2.97. The molecule has 0 spiro atoms. The number of carboxylic acids is 1. The van der Waals surface area contributed by atoms with E-state index in [0.29, 0.717) is 18.7 Å². The molecule has 1 aromatic carbocycles. The molecule has 1 amide bonds. The SMILES string of the molecule is CC1=NN(c2ccc(C(=O)O)cc2)C(=O)C1.CCOC(=O)CC(C)=O. The first-order valence-electron chi connectivity index (χ1n) is 7.60. The van der Waals surface area contributed by atoms with E-state index in [0.717, 1.165) is 5.71 Å². The first-order valence-corrected chi connectivity index (χ1v) is 7.60. The number of carbonyl (C=O) groups excluding carboxylic acids is 3. The normalized spacial score (nSPS) is 12.8. The van der Waals surface area contributed by atoms with Crippen LogP contribution < -0.4 is 5.01 Å². The number of hydrogen-bond donors (Lipinski definition) is 1. The lowest BCUT2D eigenvalue weighted by Gasteiger charge is -2.11. The zero-order valence-corrected chi connectivity index (χ0v) is 14.3. The third-order valence-electron chi connectivity index (χ3n) is 2.97. The van der Waals surface area contributed by atoms with Crippen molar-refractivity contribution in [1.82, 2.24) is 0 Å². The van der Waals surface area contributed by atoms with E-state index in [1.165, 1.54) is 24.1 Å². The van der Waals surface area contributed by atoms with Crippen molar-refractivity contribution in [2.45, 2.75) is 33.6 Å². The molecule has 134 valence electrons. The van der Waals surface area contributed by atoms with Crippen molar-refractivity contribution >= 4 is 35.0 Å². The number of hydrazone groups is 1. The molecule has 0 atom stereocenters. The Balaban J connectivity index is 0.000000299. The monoisotopic (exact) mass is 348 g/mol. The summed E-state index contributed by atoms with van der Waals surface area (Å²) in [4.78, 5) is 42.8. The molecule has 0 saturated carbocycles. The Morgan fingerprint density at radius 1 is 1.24 bits per heavy atom. The molecule has 0 radical (unpaired) electrons. The highest BCUT2D eigenvalue weighted by atomic mass is 16.5. The van der Waals surface area contributed by atoms with Crippen LogP contribution in [0.4, 0.5) is 5.69 Å². The van der Waals surface area contributed by atoms with Gasteiger partial charge in [-0.15, -0.1) is 0 Å². The predicted molar refractivity (Wildman–Crippen MR) is 90.5 cm³/mol. The van der Waals surface area contributed by atoms with Crippen LogP contribution in [0.2, 0.25) is 0 Å². The lowest BCUT2D eigenvalue weighted by atomic mass is 10.2. The van der Waals surface area contributed by atoms with E-state index < -0.39 is 11.9 Å². The highest BCUT2D eigenvalue weighted by Gasteiger charge is 2.22. The number of rotatable bonds is 5. The number of esters is 1. The number of carboxylic acid groups (broad SMARTS) is 1. The van der Waals surface area contributed by atoms with Gasteiger partial charge in [-0.25, -0.2) is 9.80 Å². The zero-order chi connectivity index (χ0) is 19.0. The Hall–Kier alpha value is -3.03. The molecule has 0 saturated heterocycles. The molecular weight excluding hydrogens is 328 g/mol. The van der Waals surface area contributed by atoms with Gasteiger partial charge in [0, 0.05) is 5.71 Å². The van der Waals surface area contributed by atoms with Gasteiger partial charge in [-0.3, -0.25) is 14.4 Å². The summed E-state index contributed by atoms with van der Waals surface area (Å²) in [6, 6.07) is 6.05. The average Bonchev–Trinajstić information content (AvgIpc) is 2.86. The average molecular weight is 348 g/mol. The van der Waals surface area contributed by atoms with E-state index in [4.69, 9.17) is 5.11 Å². The van der Waals surface area contributed by atoms with Gasteiger partial charge in [0.25, 0.3) is 5.91 Å². The molecule has 8 heteroatoms. The Labute approximate surface area is 145 Å². The molecule has 0 aromatic heterocycles. The Bertz CT molecular complexity index is 694. The van der Waals surface area contributed by atoms with Gasteiger partial charge in [0.1, 0.15) is 12.2 Å². The molecule has 0 unspecified atom stereocenters. The molecule has 0 fully saturated rings. The summed E-state index contributed by atoms with van der Waals surface area (Å²) in [6.07, 6.45) is 0.217. The van der Waals surface area contributed by atoms with Crippen LogP contribution in [0.5, 0.6) is 0 Å². The van der Waals surface area contributed by atoms with Crippen molar-refractivity contribution < 1.29 is 29.0 Å². The van der Waals surface area contributed by atoms with Gasteiger partial charge in [0.15, 0.2) is 0 Å². The van der Waals surface area contributed by atoms with Gasteiger partial charge in [0.05, 0.1) is 24.3 Å². The summed E-state index contributed by atoms with van der Waals surface area (Å²) < 4.78 is 4.49. The Morgan fingerprint density at radius 2 is 1.84 bits per heavy atom. The summed E-state index contributed by atoms with van der Waals surface area (Å²) in [6.45, 7) is 5.19. The highest BCUT2D eigenvalue weighted by molar-refractivity contribution is 6.12. The number of ketones is 1. The number of carbonyl (C=O) groups is 4. The van der Waals surface area contributed by atoms with Gasteiger partial charge < -0.3 is 9.84 Å². The van der Waals surface area contributed by atoms with E-state index in [9.17, 15) is 19.2 Å². The minimum absolute atomic E-state index is 0.0967. The topological polar surface area (TPSA) is 113 Å². The quantitative estimate of drug-likeness (QED) is 0.643. The Morgan fingerprint density at radius 3 is 2.24 bits per heavy atom. The van der Waals surface area contributed by atoms with Crippen LogP contribution in [0.15, 0.2) is 29.4 Å². The van der Waals surface area contributed by atoms with E-state index >= 15 is 0 Å². The van der Waals surface area contributed by atoms with E-state index in [1.54, 1.807) is 26.0 Å². The van der Waals surface area contributed by atoms with Crippen LogP contribution >= 0.6 is 0 Å². The lowest BCUT2D eigenvalue weighted by Crippen LogP contribution is -2.19. The lowest BCUT2D eigenvalue weighted by molar-refractivity contribution is -0.145. The maximum Gasteiger partial charge on any atom is 0.335 e. The van der Waals surface area contributed by atoms with Crippen LogP contribution in [0.1, 0.15) is 44.0 Å². The van der Waals surface area contributed by atoms with Gasteiger partial charge in [-0.2, -0.15) is 5.10 Å². The molecule has 0 aliphatic carbocycles. The number of ether oxygens (including phenoxy) is 1. The number of benzene rings is 1. The maximum absolute atomic E-state index is 11.5. The molecule has 8 nitrogen and oxygen atoms in total. The van der Waals surface area contributed by atoms with Crippen molar-refractivity contribution in [2.75, 3.05) is 11.6 Å². The zero-order valence-electron chi connectivity index (χ0n) is 14.3. The molecule has 2 rings (SSSR count). The first kappa shape index (κ1) is 20.0. The molecule has 25 heavy (non-hydrogen) atoms. The second-order valence-electron chi connectivity index (χ2n) is 5.25. The summed E-state index contributed by atoms with van der Waals surface area (Å²) in [5.41, 5.74) is 1.54. The van der Waals surface area contributed by atoms with Crippen molar-refractivity contribution in [2.24, 2.45) is 5.10 Å². The minimum atomic E-state index is -0.987. The maximum atomic E-state index is 11.5. The fourth-order valence-corrected chi connectivity index (χ4v) is 1.92. The first-order chi connectivity index (χ1) is 11.7. The number of aromatic carboxylic acids is 1. The van der Waals surface area contributed by atoms with Crippen LogP contribution in [0, 0.1) is 0 Å². The predicted octanol–water partition coefficient (Wildman–Crippen LogP) is 2.03. The molecular formula is C17H20N2O6. The van der Waals surface area contributed by atoms with Crippen LogP contribution in [0.3, 0.4) is 0 Å². The third kappa shape index (κ3) is 6.54. The summed E-state index contributed by atoms with van der Waals surface area (Å²) in [7, 11) is 0. The van der Waals surface area contributed by atoms with Crippen molar-refractivity contribution in [3.05, 3.63) is 29.8 Å². The molecule has 1 aliphatic rings. The molecule has 1 heterocycles. The molecule has 1 N–H and O–H groups in total. The highest BCUT2D eigenvalue weighted by Crippen LogP contribution is 2.20. The van der Waals surface area contributed by atoms with Crippen LogP contribution in [-0.2, 0) is 19.1 Å². The molecule has 0 bridgehead atoms. The van der Waals surface area contributed by atoms with Crippen molar-refractivity contribution in [3.63, 3.8) is 0 Å². The van der Waals surface area contributed by atoms with Gasteiger partial charge in [0.2, 0.25) is 0 Å². The summed E-state index contributed by atoms with van der Waals surface area (Å²) >= 11 is 0. The minimum Gasteiger partial charge on any atom is -0.478 e. The van der Waals surface area contributed by atoms with E-state index in [1.807, 2.05) is 0 Å². The molecule has 1 aromatic rings. The van der Waals surface area contributed by atoms with Crippen molar-refractivity contribution in [1.29, 1.82) is 0 Å². The second kappa shape index (κ2) is 9.31. The smallest absolute Gasteiger partial charge is 0.335 e. The standard InChI is InChI=1S/C11H10N2O3.C6H10O3/c1-7-6-10(14)13(12-7)9-4-2-8(3-5-9)11(15)16;1-3-9-6(8)4-5(2)7/h2-5H,6H2,1H3,(H,15,16);3-4H2,1-2H3. The fourth-order valence-electron chi connectivity index (χ4n) is 1.92. The summed E-state index contributed by atoms with van der Waals surface area (Å²) in [5, 5.41) is 14.1. The number of hydrogen-bond acceptors (Lipinski definition) is 6. The van der Waals surface area contributed by atoms with Crippen LogP contribution in [-0.4, -0.2) is 41.1 Å². The van der Waals surface area contributed by atoms with Gasteiger partial charge in [-0.1, -0.05) is 0 Å². The number of amides is 1. The second-order valence-corrected chi connectivity index (χ2v) is 5.25. The number of anilines is 1. The summed E-state index contributed by atoms with van der Waals surface area (Å²) in [5.74, 6) is -1.68. The largest absolute Gasteiger partial charge is 0.478 e. The number of Topliss-reactive ketones (excluding diaryl/α,β-unsaturated/α-hetero) is 1. The van der Waals surface area contributed by atoms with Gasteiger partial charge in [-0.05, 0) is 45.0 Å². The van der Waals surface area contributed by atoms with Gasteiger partial charge >= 0.3 is 11.9 Å². The number of nitrogens with zero attached hydrogens (tertiary/aromatic N) is 2. The van der Waals surface area contributed by atoms with E-state index in [-0.39, 0.29) is 23.7 Å². The molecule has 1 aliphatic heterocycles. The van der Waals surface area contributed by atoms with E-state index in [2.05, 4.69) is 9.84 Å². The Kier molecular flexibility index (Phi) is 7.45. The van der Waals surface area contributed by atoms with Crippen LogP contribution in [0.25, 0.3) is 0 Å². The van der Waals surface area contributed by atoms with Crippen molar-refractivity contribution in [3.8, 4) is 0 Å². The fraction of sp³-hybridized carbons (Fsp3) is 0.353.